The molecule has 1 N–H and O–H groups in total. The van der Waals surface area contributed by atoms with Gasteiger partial charge in [-0.15, -0.1) is 0 Å². The molecule has 0 radical (unpaired) electrons. The number of aromatic nitrogens is 2. The largest absolute Gasteiger partial charge is 0.301 e. The van der Waals surface area contributed by atoms with Crippen LogP contribution in [0.5, 0.6) is 0 Å². The van der Waals surface area contributed by atoms with E-state index in [0.717, 1.165) is 29.7 Å². The van der Waals surface area contributed by atoms with E-state index in [0.29, 0.717) is 21.8 Å². The number of amides is 1. The summed E-state index contributed by atoms with van der Waals surface area (Å²) in [6.45, 7) is 0. The number of amidine groups is 1. The summed E-state index contributed by atoms with van der Waals surface area (Å²) >= 11 is 1.37. The summed E-state index contributed by atoms with van der Waals surface area (Å²) in [7, 11) is 0. The van der Waals surface area contributed by atoms with Crippen molar-refractivity contribution in [1.29, 1.82) is 0 Å². The van der Waals surface area contributed by atoms with E-state index in [1.807, 2.05) is 42.6 Å². The third kappa shape index (κ3) is 4.32. The Morgan fingerprint density at radius 2 is 1.84 bits per heavy atom. The highest BCUT2D eigenvalue weighted by molar-refractivity contribution is 8.18. The van der Waals surface area contributed by atoms with Gasteiger partial charge in [0.15, 0.2) is 5.17 Å². The number of nitrogens with one attached hydrogen (secondary N) is 1. The van der Waals surface area contributed by atoms with Crippen molar-refractivity contribution >= 4 is 28.9 Å². The SMILES string of the molecule is O=C1NC(=NC2CCCC2)S/C1=C\c1cn(-c2ccccc2)nc1-c1ccc(F)cc1. The summed E-state index contributed by atoms with van der Waals surface area (Å²) in [6, 6.07) is 16.3. The van der Waals surface area contributed by atoms with Crippen molar-refractivity contribution in [2.24, 2.45) is 4.99 Å². The van der Waals surface area contributed by atoms with Gasteiger partial charge in [-0.3, -0.25) is 9.79 Å². The first-order valence-electron chi connectivity index (χ1n) is 10.4. The molecule has 2 heterocycles. The minimum Gasteiger partial charge on any atom is -0.301 e. The van der Waals surface area contributed by atoms with Gasteiger partial charge in [-0.05, 0) is 67.1 Å². The predicted octanol–water partition coefficient (Wildman–Crippen LogP) is 5.18. The van der Waals surface area contributed by atoms with Crippen LogP contribution in [0.2, 0.25) is 0 Å². The number of carbonyl (C=O) groups excluding carboxylic acids is 1. The summed E-state index contributed by atoms with van der Waals surface area (Å²) in [5, 5.41) is 8.28. The van der Waals surface area contributed by atoms with Crippen LogP contribution in [0.3, 0.4) is 0 Å². The molecule has 7 heteroatoms. The number of hydrogen-bond donors (Lipinski definition) is 1. The Bertz CT molecular complexity index is 1160. The molecule has 0 spiro atoms. The van der Waals surface area contributed by atoms with E-state index in [-0.39, 0.29) is 11.7 Å². The van der Waals surface area contributed by atoms with Crippen molar-refractivity contribution in [2.45, 2.75) is 31.7 Å². The Hall–Kier alpha value is -3.19. The van der Waals surface area contributed by atoms with Crippen molar-refractivity contribution in [3.8, 4) is 16.9 Å². The van der Waals surface area contributed by atoms with E-state index < -0.39 is 0 Å². The van der Waals surface area contributed by atoms with Crippen LogP contribution in [0, 0.1) is 5.82 Å². The Labute approximate surface area is 184 Å². The predicted molar refractivity (Wildman–Crippen MR) is 122 cm³/mol. The molecule has 1 aliphatic carbocycles. The quantitative estimate of drug-likeness (QED) is 0.578. The van der Waals surface area contributed by atoms with E-state index >= 15 is 0 Å². The van der Waals surface area contributed by atoms with Gasteiger partial charge in [-0.1, -0.05) is 31.0 Å². The topological polar surface area (TPSA) is 59.3 Å². The van der Waals surface area contributed by atoms with Crippen molar-refractivity contribution < 1.29 is 9.18 Å². The average Bonchev–Trinajstić information content (AvgIpc) is 3.51. The maximum absolute atomic E-state index is 13.5. The summed E-state index contributed by atoms with van der Waals surface area (Å²) in [5.41, 5.74) is 3.16. The van der Waals surface area contributed by atoms with E-state index in [1.54, 1.807) is 16.8 Å². The molecule has 1 amide bonds. The molecular weight excluding hydrogens is 411 g/mol. The molecule has 3 aromatic rings. The number of para-hydroxylation sites is 1. The average molecular weight is 433 g/mol. The van der Waals surface area contributed by atoms with Crippen molar-refractivity contribution in [3.05, 3.63) is 77.1 Å². The lowest BCUT2D eigenvalue weighted by atomic mass is 10.1. The second-order valence-corrected chi connectivity index (χ2v) is 8.69. The van der Waals surface area contributed by atoms with E-state index in [4.69, 9.17) is 10.1 Å². The zero-order valence-electron chi connectivity index (χ0n) is 16.8. The third-order valence-corrected chi connectivity index (χ3v) is 6.37. The van der Waals surface area contributed by atoms with E-state index in [9.17, 15) is 9.18 Å². The number of nitrogens with zero attached hydrogens (tertiary/aromatic N) is 3. The zero-order chi connectivity index (χ0) is 21.2. The van der Waals surface area contributed by atoms with Crippen LogP contribution in [-0.4, -0.2) is 26.9 Å². The molecule has 2 aliphatic rings. The second kappa shape index (κ2) is 8.51. The molecule has 2 fully saturated rings. The number of hydrogen-bond acceptors (Lipinski definition) is 4. The monoisotopic (exact) mass is 432 g/mol. The molecule has 0 bridgehead atoms. The van der Waals surface area contributed by atoms with Crippen molar-refractivity contribution in [1.82, 2.24) is 15.1 Å². The second-order valence-electron chi connectivity index (χ2n) is 7.66. The summed E-state index contributed by atoms with van der Waals surface area (Å²) < 4.78 is 15.2. The van der Waals surface area contributed by atoms with Gasteiger partial charge in [-0.2, -0.15) is 5.10 Å². The maximum atomic E-state index is 13.5. The number of rotatable bonds is 4. The fourth-order valence-electron chi connectivity index (χ4n) is 3.87. The third-order valence-electron chi connectivity index (χ3n) is 5.44. The molecule has 1 saturated heterocycles. The maximum Gasteiger partial charge on any atom is 0.264 e. The highest BCUT2D eigenvalue weighted by atomic mass is 32.2. The number of thioether (sulfide) groups is 1. The van der Waals surface area contributed by atoms with Crippen molar-refractivity contribution in [3.63, 3.8) is 0 Å². The van der Waals surface area contributed by atoms with Gasteiger partial charge in [0.25, 0.3) is 5.91 Å². The molecule has 2 aromatic carbocycles. The Balaban J connectivity index is 1.52. The first kappa shape index (κ1) is 19.8. The molecule has 1 aliphatic heterocycles. The van der Waals surface area contributed by atoms with Crippen LogP contribution in [0.15, 0.2) is 70.7 Å². The fraction of sp³-hybridized carbons (Fsp3) is 0.208. The molecule has 1 saturated carbocycles. The fourth-order valence-corrected chi connectivity index (χ4v) is 4.75. The number of benzene rings is 2. The Morgan fingerprint density at radius 3 is 2.58 bits per heavy atom. The van der Waals surface area contributed by atoms with Crippen LogP contribution in [0.4, 0.5) is 4.39 Å². The number of halogens is 1. The van der Waals surface area contributed by atoms with Crippen LogP contribution >= 0.6 is 11.8 Å². The van der Waals surface area contributed by atoms with E-state index in [2.05, 4.69) is 5.32 Å². The van der Waals surface area contributed by atoms with Crippen LogP contribution in [-0.2, 0) is 4.79 Å². The smallest absolute Gasteiger partial charge is 0.264 e. The molecule has 1 aromatic heterocycles. The lowest BCUT2D eigenvalue weighted by Gasteiger charge is -2.02. The minimum atomic E-state index is -0.301. The first-order valence-corrected chi connectivity index (χ1v) is 11.2. The normalized spacial score (nSPS) is 19.5. The van der Waals surface area contributed by atoms with Gasteiger partial charge >= 0.3 is 0 Å². The van der Waals surface area contributed by atoms with Gasteiger partial charge in [0.05, 0.1) is 22.3 Å². The molecule has 5 rings (SSSR count). The molecule has 0 unspecified atom stereocenters. The van der Waals surface area contributed by atoms with Gasteiger partial charge in [-0.25, -0.2) is 9.07 Å². The Morgan fingerprint density at radius 1 is 1.10 bits per heavy atom. The standard InChI is InChI=1S/C24H21FN4OS/c25-18-12-10-16(11-13-18)22-17(15-29(28-22)20-8-2-1-3-9-20)14-21-23(30)27-24(31-21)26-19-6-4-5-7-19/h1-3,8-15,19H,4-7H2,(H,26,27,30)/b21-14-. The summed E-state index contributed by atoms with van der Waals surface area (Å²) in [5.74, 6) is -0.455. The van der Waals surface area contributed by atoms with Gasteiger partial charge < -0.3 is 5.32 Å². The van der Waals surface area contributed by atoms with E-state index in [1.165, 1.54) is 36.7 Å². The highest BCUT2D eigenvalue weighted by Crippen LogP contribution is 2.32. The van der Waals surface area contributed by atoms with Gasteiger partial charge in [0.2, 0.25) is 0 Å². The van der Waals surface area contributed by atoms with Crippen LogP contribution in [0.1, 0.15) is 31.2 Å². The number of carbonyl (C=O) groups is 1. The van der Waals surface area contributed by atoms with Gasteiger partial charge in [0.1, 0.15) is 5.82 Å². The first-order chi connectivity index (χ1) is 15.2. The van der Waals surface area contributed by atoms with Crippen LogP contribution < -0.4 is 5.32 Å². The molecule has 0 atom stereocenters. The lowest BCUT2D eigenvalue weighted by molar-refractivity contribution is -0.115. The lowest BCUT2D eigenvalue weighted by Crippen LogP contribution is -2.21. The summed E-state index contributed by atoms with van der Waals surface area (Å²) in [4.78, 5) is 17.9. The highest BCUT2D eigenvalue weighted by Gasteiger charge is 2.26. The molecule has 5 nitrogen and oxygen atoms in total. The zero-order valence-corrected chi connectivity index (χ0v) is 17.6. The molecular formula is C24H21FN4OS. The summed E-state index contributed by atoms with van der Waals surface area (Å²) in [6.07, 6.45) is 8.28. The molecule has 31 heavy (non-hydrogen) atoms. The molecule has 156 valence electrons. The Kier molecular flexibility index (Phi) is 5.42. The number of aliphatic imine (C=N–C) groups is 1. The minimum absolute atomic E-state index is 0.153. The van der Waals surface area contributed by atoms with Crippen LogP contribution in [0.25, 0.3) is 23.0 Å². The van der Waals surface area contributed by atoms with Crippen molar-refractivity contribution in [2.75, 3.05) is 0 Å². The van der Waals surface area contributed by atoms with Gasteiger partial charge in [0, 0.05) is 17.3 Å².